The molecule has 0 unspecified atom stereocenters. The van der Waals surface area contributed by atoms with Crippen LogP contribution >= 0.6 is 0 Å². The Hall–Kier alpha value is -0.730. The van der Waals surface area contributed by atoms with Crippen LogP contribution < -0.4 is 5.73 Å². The Kier molecular flexibility index (Phi) is 4.92. The second-order valence-electron chi connectivity index (χ2n) is 4.84. The monoisotopic (exact) mass is 211 g/mol. The number of aliphatic imine (C=N–C) groups is 1. The smallest absolute Gasteiger partial charge is 0.191 e. The van der Waals surface area contributed by atoms with Crippen molar-refractivity contribution in [2.24, 2.45) is 10.7 Å². The fourth-order valence-electron chi connectivity index (χ4n) is 2.19. The summed E-state index contributed by atoms with van der Waals surface area (Å²) in [4.78, 5) is 6.58. The third kappa shape index (κ3) is 4.10. The van der Waals surface area contributed by atoms with Gasteiger partial charge in [-0.3, -0.25) is 4.99 Å². The quantitative estimate of drug-likeness (QED) is 0.433. The third-order valence-corrected chi connectivity index (χ3v) is 3.12. The number of nitrogens with zero attached hydrogens (tertiary/aromatic N) is 2. The Balaban J connectivity index is 2.53. The van der Waals surface area contributed by atoms with Gasteiger partial charge in [0.1, 0.15) is 0 Å². The highest BCUT2D eigenvalue weighted by atomic mass is 15.3. The number of hydrogen-bond donors (Lipinski definition) is 1. The minimum atomic E-state index is 0.290. The largest absolute Gasteiger partial charge is 0.370 e. The molecule has 0 heterocycles. The number of nitrogens with two attached hydrogens (primary N) is 1. The van der Waals surface area contributed by atoms with Crippen molar-refractivity contribution in [1.29, 1.82) is 0 Å². The molecule has 1 saturated carbocycles. The van der Waals surface area contributed by atoms with Gasteiger partial charge in [0.15, 0.2) is 5.96 Å². The van der Waals surface area contributed by atoms with E-state index in [1.165, 1.54) is 38.5 Å². The molecule has 0 aromatic heterocycles. The van der Waals surface area contributed by atoms with E-state index in [1.807, 2.05) is 0 Å². The fraction of sp³-hybridized carbons (Fsp3) is 0.917. The van der Waals surface area contributed by atoms with Crippen LogP contribution in [0.1, 0.15) is 52.4 Å². The van der Waals surface area contributed by atoms with E-state index in [-0.39, 0.29) is 0 Å². The van der Waals surface area contributed by atoms with Gasteiger partial charge in [-0.05, 0) is 26.7 Å². The summed E-state index contributed by atoms with van der Waals surface area (Å²) in [5, 5.41) is 0. The second-order valence-corrected chi connectivity index (χ2v) is 4.84. The molecule has 0 aromatic carbocycles. The summed E-state index contributed by atoms with van der Waals surface area (Å²) in [6.45, 7) is 4.13. The average Bonchev–Trinajstić information content (AvgIpc) is 2.43. The van der Waals surface area contributed by atoms with Crippen LogP contribution in [0.2, 0.25) is 0 Å². The van der Waals surface area contributed by atoms with Gasteiger partial charge in [-0.25, -0.2) is 0 Å². The van der Waals surface area contributed by atoms with Crippen molar-refractivity contribution in [2.75, 3.05) is 7.05 Å². The number of guanidine groups is 1. The minimum absolute atomic E-state index is 0.290. The minimum Gasteiger partial charge on any atom is -0.370 e. The molecule has 1 aliphatic carbocycles. The topological polar surface area (TPSA) is 41.6 Å². The van der Waals surface area contributed by atoms with E-state index in [0.717, 1.165) is 0 Å². The Morgan fingerprint density at radius 3 is 2.20 bits per heavy atom. The van der Waals surface area contributed by atoms with E-state index in [0.29, 0.717) is 18.0 Å². The summed E-state index contributed by atoms with van der Waals surface area (Å²) in [5.41, 5.74) is 5.98. The molecule has 0 aliphatic heterocycles. The second kappa shape index (κ2) is 5.99. The third-order valence-electron chi connectivity index (χ3n) is 3.12. The summed E-state index contributed by atoms with van der Waals surface area (Å²) in [7, 11) is 2.08. The first kappa shape index (κ1) is 12.3. The molecule has 3 nitrogen and oxygen atoms in total. The number of rotatable bonds is 2. The molecule has 0 atom stereocenters. The molecule has 0 aromatic rings. The van der Waals surface area contributed by atoms with Crippen LogP contribution in [-0.4, -0.2) is 30.0 Å². The maximum atomic E-state index is 5.98. The molecule has 0 amide bonds. The number of hydrogen-bond acceptors (Lipinski definition) is 1. The molecule has 0 spiro atoms. The maximum Gasteiger partial charge on any atom is 0.191 e. The molecular formula is C12H25N3. The molecule has 0 radical (unpaired) electrons. The lowest BCUT2D eigenvalue weighted by Crippen LogP contribution is -2.42. The van der Waals surface area contributed by atoms with Gasteiger partial charge >= 0.3 is 0 Å². The van der Waals surface area contributed by atoms with Crippen molar-refractivity contribution in [2.45, 2.75) is 64.5 Å². The van der Waals surface area contributed by atoms with Gasteiger partial charge in [-0.2, -0.15) is 0 Å². The zero-order chi connectivity index (χ0) is 11.3. The average molecular weight is 211 g/mol. The van der Waals surface area contributed by atoms with Gasteiger partial charge in [0, 0.05) is 19.1 Å². The van der Waals surface area contributed by atoms with Gasteiger partial charge in [0.2, 0.25) is 0 Å². The van der Waals surface area contributed by atoms with Gasteiger partial charge in [0.05, 0.1) is 0 Å². The molecule has 0 bridgehead atoms. The van der Waals surface area contributed by atoms with Crippen molar-refractivity contribution >= 4 is 5.96 Å². The van der Waals surface area contributed by atoms with Crippen LogP contribution in [-0.2, 0) is 0 Å². The predicted molar refractivity (Wildman–Crippen MR) is 66.0 cm³/mol. The van der Waals surface area contributed by atoms with E-state index in [2.05, 4.69) is 30.8 Å². The van der Waals surface area contributed by atoms with E-state index >= 15 is 0 Å². The van der Waals surface area contributed by atoms with Crippen LogP contribution in [0, 0.1) is 0 Å². The lowest BCUT2D eigenvalue weighted by molar-refractivity contribution is 0.325. The first-order valence-corrected chi connectivity index (χ1v) is 6.17. The molecule has 2 N–H and O–H groups in total. The van der Waals surface area contributed by atoms with Crippen molar-refractivity contribution in [3.63, 3.8) is 0 Å². The van der Waals surface area contributed by atoms with Crippen LogP contribution in [0.5, 0.6) is 0 Å². The standard InChI is InChI=1S/C12H25N3/c1-10(2)14-12(13)15(3)11-8-6-4-5-7-9-11/h10-11H,4-9H2,1-3H3,(H2,13,14). The van der Waals surface area contributed by atoms with Crippen molar-refractivity contribution < 1.29 is 0 Å². The first-order valence-electron chi connectivity index (χ1n) is 6.17. The Bertz CT molecular complexity index is 203. The lowest BCUT2D eigenvalue weighted by Gasteiger charge is -2.28. The predicted octanol–water partition coefficient (Wildman–Crippen LogP) is 2.36. The van der Waals surface area contributed by atoms with Crippen LogP contribution in [0.4, 0.5) is 0 Å². The highest BCUT2D eigenvalue weighted by Crippen LogP contribution is 2.20. The molecule has 0 saturated heterocycles. The summed E-state index contributed by atoms with van der Waals surface area (Å²) >= 11 is 0. The van der Waals surface area contributed by atoms with Gasteiger partial charge in [0.25, 0.3) is 0 Å². The van der Waals surface area contributed by atoms with Crippen LogP contribution in [0.3, 0.4) is 0 Å². The van der Waals surface area contributed by atoms with Crippen LogP contribution in [0.15, 0.2) is 4.99 Å². The summed E-state index contributed by atoms with van der Waals surface area (Å²) in [6, 6.07) is 0.897. The molecule has 1 fully saturated rings. The Morgan fingerprint density at radius 1 is 1.20 bits per heavy atom. The highest BCUT2D eigenvalue weighted by Gasteiger charge is 2.18. The molecular weight excluding hydrogens is 186 g/mol. The van der Waals surface area contributed by atoms with E-state index < -0.39 is 0 Å². The highest BCUT2D eigenvalue weighted by molar-refractivity contribution is 5.78. The first-order chi connectivity index (χ1) is 7.11. The Morgan fingerprint density at radius 2 is 1.73 bits per heavy atom. The Labute approximate surface area is 93.7 Å². The van der Waals surface area contributed by atoms with E-state index in [9.17, 15) is 0 Å². The van der Waals surface area contributed by atoms with Crippen molar-refractivity contribution in [1.82, 2.24) is 4.90 Å². The van der Waals surface area contributed by atoms with Gasteiger partial charge < -0.3 is 10.6 Å². The zero-order valence-electron chi connectivity index (χ0n) is 10.4. The van der Waals surface area contributed by atoms with Crippen molar-refractivity contribution in [3.05, 3.63) is 0 Å². The molecule has 15 heavy (non-hydrogen) atoms. The molecule has 3 heteroatoms. The summed E-state index contributed by atoms with van der Waals surface area (Å²) < 4.78 is 0. The maximum absolute atomic E-state index is 5.98. The van der Waals surface area contributed by atoms with Gasteiger partial charge in [-0.15, -0.1) is 0 Å². The summed E-state index contributed by atoms with van der Waals surface area (Å²) in [6.07, 6.45) is 7.97. The molecule has 88 valence electrons. The lowest BCUT2D eigenvalue weighted by atomic mass is 10.1. The van der Waals surface area contributed by atoms with E-state index in [4.69, 9.17) is 5.73 Å². The summed E-state index contributed by atoms with van der Waals surface area (Å²) in [5.74, 6) is 0.705. The van der Waals surface area contributed by atoms with Crippen LogP contribution in [0.25, 0.3) is 0 Å². The normalized spacial score (nSPS) is 20.4. The van der Waals surface area contributed by atoms with Crippen molar-refractivity contribution in [3.8, 4) is 0 Å². The van der Waals surface area contributed by atoms with Gasteiger partial charge in [-0.1, -0.05) is 25.7 Å². The molecule has 1 rings (SSSR count). The molecule has 1 aliphatic rings. The van der Waals surface area contributed by atoms with E-state index in [1.54, 1.807) is 0 Å². The fourth-order valence-corrected chi connectivity index (χ4v) is 2.19. The SMILES string of the molecule is CC(C)N=C(N)N(C)C1CCCCCC1. The zero-order valence-corrected chi connectivity index (χ0v) is 10.4.